The van der Waals surface area contributed by atoms with Crippen molar-refractivity contribution in [3.8, 4) is 22.7 Å². The number of nitrogens with one attached hydrogen (secondary N) is 1. The molecular formula is C19H15F6N5O4. The van der Waals surface area contributed by atoms with Crippen LogP contribution in [-0.4, -0.2) is 55.8 Å². The number of rotatable bonds is 7. The van der Waals surface area contributed by atoms with Crippen molar-refractivity contribution in [3.63, 3.8) is 0 Å². The van der Waals surface area contributed by atoms with E-state index in [1.165, 1.54) is 24.1 Å². The number of aryl methyl sites for hydroxylation is 1. The van der Waals surface area contributed by atoms with Gasteiger partial charge in [0.1, 0.15) is 23.0 Å². The van der Waals surface area contributed by atoms with Crippen molar-refractivity contribution < 1.29 is 41.0 Å². The summed E-state index contributed by atoms with van der Waals surface area (Å²) in [6.07, 6.45) is -9.00. The molecule has 9 nitrogen and oxygen atoms in total. The first-order valence-corrected chi connectivity index (χ1v) is 9.26. The van der Waals surface area contributed by atoms with E-state index in [0.29, 0.717) is 4.68 Å². The number of amides is 1. The Morgan fingerprint density at radius 2 is 1.82 bits per heavy atom. The van der Waals surface area contributed by atoms with E-state index in [4.69, 9.17) is 5.11 Å². The van der Waals surface area contributed by atoms with Crippen LogP contribution >= 0.6 is 0 Å². The van der Waals surface area contributed by atoms with Gasteiger partial charge in [0.25, 0.3) is 17.9 Å². The van der Waals surface area contributed by atoms with Crippen molar-refractivity contribution in [2.75, 3.05) is 0 Å². The number of benzene rings is 1. The van der Waals surface area contributed by atoms with Crippen LogP contribution in [0.3, 0.4) is 0 Å². The summed E-state index contributed by atoms with van der Waals surface area (Å²) >= 11 is 0. The quantitative estimate of drug-likeness (QED) is 0.491. The fraction of sp³-hybridized carbons (Fsp3) is 0.263. The number of nitrogens with zero attached hydrogens (tertiary/aromatic N) is 4. The Balaban J connectivity index is 2.08. The molecule has 2 aromatic heterocycles. The fourth-order valence-electron chi connectivity index (χ4n) is 2.80. The summed E-state index contributed by atoms with van der Waals surface area (Å²) in [6, 6.07) is 2.48. The molecular weight excluding hydrogens is 476 g/mol. The van der Waals surface area contributed by atoms with E-state index < -0.39 is 48.0 Å². The van der Waals surface area contributed by atoms with Crippen LogP contribution in [0.25, 0.3) is 16.9 Å². The number of aromatic nitrogens is 4. The van der Waals surface area contributed by atoms with Crippen LogP contribution in [-0.2, 0) is 7.05 Å². The zero-order valence-electron chi connectivity index (χ0n) is 17.0. The summed E-state index contributed by atoms with van der Waals surface area (Å²) < 4.78 is 82.0. The molecule has 0 saturated carbocycles. The lowest BCUT2D eigenvalue weighted by Gasteiger charge is -2.18. The zero-order valence-corrected chi connectivity index (χ0v) is 17.0. The number of aliphatic hydroxyl groups excluding tert-OH is 1. The second kappa shape index (κ2) is 9.54. The molecule has 0 aliphatic heterocycles. The Morgan fingerprint density at radius 3 is 2.32 bits per heavy atom. The Kier molecular flexibility index (Phi) is 6.95. The molecule has 1 amide bonds. The lowest BCUT2D eigenvalue weighted by Crippen LogP contribution is -2.48. The second-order valence-corrected chi connectivity index (χ2v) is 6.81. The average Bonchev–Trinajstić information content (AvgIpc) is 3.17. The van der Waals surface area contributed by atoms with Crippen molar-refractivity contribution in [1.29, 1.82) is 0 Å². The van der Waals surface area contributed by atoms with Gasteiger partial charge in [0.15, 0.2) is 0 Å². The van der Waals surface area contributed by atoms with Gasteiger partial charge in [-0.3, -0.25) is 14.3 Å². The number of aliphatic hydroxyl groups is 1. The topological polar surface area (TPSA) is 111 Å². The molecule has 0 saturated heterocycles. The first kappa shape index (κ1) is 24.8. The highest BCUT2D eigenvalue weighted by molar-refractivity contribution is 5.95. The highest BCUT2D eigenvalue weighted by Gasteiger charge is 2.32. The number of carbonyl (C=O) groups excluding carboxylic acids is 1. The average molecular weight is 491 g/mol. The number of hydrogen-bond acceptors (Lipinski definition) is 6. The molecule has 15 heteroatoms. The van der Waals surface area contributed by atoms with Crippen LogP contribution in [0.4, 0.5) is 26.3 Å². The van der Waals surface area contributed by atoms with Gasteiger partial charge in [-0.25, -0.2) is 13.2 Å². The van der Waals surface area contributed by atoms with Crippen LogP contribution in [0.1, 0.15) is 10.4 Å². The van der Waals surface area contributed by atoms with Crippen LogP contribution in [0.15, 0.2) is 47.5 Å². The minimum absolute atomic E-state index is 0.0661. The van der Waals surface area contributed by atoms with Crippen molar-refractivity contribution >= 4 is 5.91 Å². The van der Waals surface area contributed by atoms with Gasteiger partial charge in [0.2, 0.25) is 6.36 Å². The molecule has 1 unspecified atom stereocenters. The highest BCUT2D eigenvalue weighted by Crippen LogP contribution is 2.26. The molecule has 2 N–H and O–H groups in total. The van der Waals surface area contributed by atoms with Crippen LogP contribution in [0.5, 0.6) is 5.75 Å². The predicted octanol–water partition coefficient (Wildman–Crippen LogP) is 2.18. The maximum atomic E-state index is 13.1. The van der Waals surface area contributed by atoms with E-state index in [0.717, 1.165) is 30.3 Å². The lowest BCUT2D eigenvalue weighted by molar-refractivity contribution is -0.274. The van der Waals surface area contributed by atoms with Gasteiger partial charge >= 0.3 is 6.36 Å². The number of hydrogen-bond donors (Lipinski definition) is 2. The molecule has 0 spiro atoms. The summed E-state index contributed by atoms with van der Waals surface area (Å²) in [6.45, 7) is 0. The van der Waals surface area contributed by atoms with E-state index in [9.17, 15) is 35.9 Å². The van der Waals surface area contributed by atoms with Crippen molar-refractivity contribution in [1.82, 2.24) is 24.9 Å². The molecule has 3 rings (SSSR count). The summed E-state index contributed by atoms with van der Waals surface area (Å²) in [7, 11) is 1.52. The second-order valence-electron chi connectivity index (χ2n) is 6.81. The van der Waals surface area contributed by atoms with Crippen molar-refractivity contribution in [3.05, 3.63) is 58.6 Å². The molecule has 34 heavy (non-hydrogen) atoms. The van der Waals surface area contributed by atoms with Crippen molar-refractivity contribution in [2.45, 2.75) is 25.2 Å². The lowest BCUT2D eigenvalue weighted by atomic mass is 10.1. The number of alkyl halides is 6. The third kappa shape index (κ3) is 5.72. The molecule has 0 radical (unpaired) electrons. The van der Waals surface area contributed by atoms with Crippen LogP contribution in [0, 0.1) is 0 Å². The Labute approximate surface area is 186 Å². The van der Waals surface area contributed by atoms with Crippen molar-refractivity contribution in [2.24, 2.45) is 7.05 Å². The maximum Gasteiger partial charge on any atom is 0.573 e. The Hall–Kier alpha value is -3.88. The molecule has 0 fully saturated rings. The van der Waals surface area contributed by atoms with E-state index in [-0.39, 0.29) is 16.9 Å². The smallest absolute Gasteiger partial charge is 0.406 e. The summed E-state index contributed by atoms with van der Waals surface area (Å²) in [5.74, 6) is -1.99. The zero-order chi connectivity index (χ0) is 25.2. The van der Waals surface area contributed by atoms with Crippen LogP contribution in [0.2, 0.25) is 0 Å². The minimum Gasteiger partial charge on any atom is -0.406 e. The van der Waals surface area contributed by atoms with Gasteiger partial charge < -0.3 is 15.2 Å². The summed E-state index contributed by atoms with van der Waals surface area (Å²) in [5, 5.41) is 18.3. The number of carbonyl (C=O) groups is 1. The largest absolute Gasteiger partial charge is 0.573 e. The Bertz CT molecular complexity index is 1220. The number of halogens is 6. The first-order chi connectivity index (χ1) is 15.9. The van der Waals surface area contributed by atoms with Gasteiger partial charge in [0, 0.05) is 12.6 Å². The molecule has 3 aromatic rings. The van der Waals surface area contributed by atoms with Gasteiger partial charge in [-0.2, -0.15) is 14.9 Å². The van der Waals surface area contributed by atoms with E-state index in [1.807, 2.05) is 0 Å². The standard InChI is InChI=1S/C19H15F6N5O4/c1-29-8-10(7-26-29)30-18(33)12(17(32)27-14(15(20)21)16(22)31)6-13(28-30)9-2-4-11(5-3-9)34-19(23,24)25/h2-8,14-16,31H,1H3,(H,27,32)/t14-,16?/m0/s1. The number of ether oxygens (including phenoxy) is 1. The monoisotopic (exact) mass is 491 g/mol. The molecule has 1 aromatic carbocycles. The molecule has 0 bridgehead atoms. The summed E-state index contributed by atoms with van der Waals surface area (Å²) in [5.41, 5.74) is -1.78. The van der Waals surface area contributed by atoms with E-state index in [1.54, 1.807) is 5.32 Å². The summed E-state index contributed by atoms with van der Waals surface area (Å²) in [4.78, 5) is 25.4. The predicted molar refractivity (Wildman–Crippen MR) is 103 cm³/mol. The van der Waals surface area contributed by atoms with Gasteiger partial charge in [0.05, 0.1) is 18.1 Å². The third-order valence-corrected chi connectivity index (χ3v) is 4.34. The van der Waals surface area contributed by atoms with E-state index >= 15 is 0 Å². The van der Waals surface area contributed by atoms with Crippen LogP contribution < -0.4 is 15.6 Å². The van der Waals surface area contributed by atoms with Gasteiger partial charge in [-0.05, 0) is 30.3 Å². The third-order valence-electron chi connectivity index (χ3n) is 4.34. The fourth-order valence-corrected chi connectivity index (χ4v) is 2.80. The molecule has 182 valence electrons. The molecule has 2 heterocycles. The molecule has 2 atom stereocenters. The molecule has 0 aliphatic carbocycles. The molecule has 0 aliphatic rings. The minimum atomic E-state index is -4.93. The normalized spacial score (nSPS) is 13.6. The van der Waals surface area contributed by atoms with Gasteiger partial charge in [-0.1, -0.05) is 0 Å². The first-order valence-electron chi connectivity index (χ1n) is 9.26. The highest BCUT2D eigenvalue weighted by atomic mass is 19.4. The SMILES string of the molecule is Cn1cc(-n2nc(-c3ccc(OC(F)(F)F)cc3)cc(C(=O)N[C@H](C(O)F)C(F)F)c2=O)cn1. The Morgan fingerprint density at radius 1 is 1.18 bits per heavy atom. The maximum absolute atomic E-state index is 13.1. The van der Waals surface area contributed by atoms with E-state index in [2.05, 4.69) is 14.9 Å². The van der Waals surface area contributed by atoms with Gasteiger partial charge in [-0.15, -0.1) is 13.2 Å².